The predicted octanol–water partition coefficient (Wildman–Crippen LogP) is -0.539. The van der Waals surface area contributed by atoms with Gasteiger partial charge >= 0.3 is 0 Å². The van der Waals surface area contributed by atoms with E-state index in [4.69, 9.17) is 32.5 Å². The number of para-hydroxylation sites is 2. The van der Waals surface area contributed by atoms with E-state index in [2.05, 4.69) is 0 Å². The number of hydrogen-bond acceptors (Lipinski definition) is 4. The molecule has 7 nitrogen and oxygen atoms in total. The highest BCUT2D eigenvalue weighted by molar-refractivity contribution is 5.93. The normalized spacial score (nSPS) is 8.27. The summed E-state index contributed by atoms with van der Waals surface area (Å²) in [5, 5.41) is 32.3. The Morgan fingerprint density at radius 3 is 1.47 bits per heavy atom. The molecule has 15 heavy (non-hydrogen) atoms. The van der Waals surface area contributed by atoms with Crippen molar-refractivity contribution in [3.05, 3.63) is 24.3 Å². The van der Waals surface area contributed by atoms with E-state index in [-0.39, 0.29) is 23.4 Å². The van der Waals surface area contributed by atoms with E-state index in [9.17, 15) is 0 Å². The molecule has 1 aromatic carbocycles. The molecule has 82 valence electrons. The Morgan fingerprint density at radius 2 is 1.33 bits per heavy atom. The summed E-state index contributed by atoms with van der Waals surface area (Å²) in [6.07, 6.45) is 0. The number of guanidine groups is 2. The zero-order valence-electron chi connectivity index (χ0n) is 7.86. The fourth-order valence-corrected chi connectivity index (χ4v) is 0.609. The summed E-state index contributed by atoms with van der Waals surface area (Å²) in [5.74, 6) is -0.778. The van der Waals surface area contributed by atoms with E-state index in [1.54, 1.807) is 12.1 Å². The predicted molar refractivity (Wildman–Crippen MR) is 56.7 cm³/mol. The van der Waals surface area contributed by atoms with Gasteiger partial charge in [0.15, 0.2) is 23.4 Å². The van der Waals surface area contributed by atoms with Crippen molar-refractivity contribution >= 4 is 11.9 Å². The van der Waals surface area contributed by atoms with Crippen molar-refractivity contribution in [2.24, 2.45) is 11.5 Å². The van der Waals surface area contributed by atoms with Crippen molar-refractivity contribution in [1.82, 2.24) is 5.32 Å². The first-order chi connectivity index (χ1) is 6.93. The molecule has 9 N–H and O–H groups in total. The third-order valence-corrected chi connectivity index (χ3v) is 1.15. The van der Waals surface area contributed by atoms with Crippen LogP contribution in [0.5, 0.6) is 11.5 Å². The van der Waals surface area contributed by atoms with Crippen LogP contribution in [-0.4, -0.2) is 22.1 Å². The molecule has 0 fully saturated rings. The SMILES string of the molecule is N=C(N)NC(=N)N.Oc1ccccc1O. The number of phenolic OH excluding ortho intramolecular Hbond substituents is 2. The smallest absolute Gasteiger partial charge is 0.192 e. The lowest BCUT2D eigenvalue weighted by Crippen LogP contribution is -2.39. The number of hydrogen-bond donors (Lipinski definition) is 7. The largest absolute Gasteiger partial charge is 0.504 e. The summed E-state index contributed by atoms with van der Waals surface area (Å²) >= 11 is 0. The van der Waals surface area contributed by atoms with Crippen molar-refractivity contribution in [2.75, 3.05) is 0 Å². The summed E-state index contributed by atoms with van der Waals surface area (Å²) < 4.78 is 0. The van der Waals surface area contributed by atoms with E-state index in [0.717, 1.165) is 0 Å². The molecular formula is C8H13N5O2. The molecule has 0 aromatic heterocycles. The molecule has 0 atom stereocenters. The van der Waals surface area contributed by atoms with Gasteiger partial charge in [-0.2, -0.15) is 0 Å². The molecule has 1 aromatic rings. The van der Waals surface area contributed by atoms with Crippen LogP contribution in [0.4, 0.5) is 0 Å². The van der Waals surface area contributed by atoms with Gasteiger partial charge in [0.05, 0.1) is 0 Å². The van der Waals surface area contributed by atoms with Gasteiger partial charge in [-0.1, -0.05) is 12.1 Å². The molecule has 0 spiro atoms. The van der Waals surface area contributed by atoms with Crippen LogP contribution in [0.15, 0.2) is 24.3 Å². The highest BCUT2D eigenvalue weighted by atomic mass is 16.3. The molecule has 0 unspecified atom stereocenters. The number of benzene rings is 1. The van der Waals surface area contributed by atoms with Crippen LogP contribution in [0.25, 0.3) is 0 Å². The van der Waals surface area contributed by atoms with E-state index < -0.39 is 0 Å². The van der Waals surface area contributed by atoms with Crippen LogP contribution < -0.4 is 16.8 Å². The number of nitrogens with one attached hydrogen (secondary N) is 3. The lowest BCUT2D eigenvalue weighted by molar-refractivity contribution is 0.404. The van der Waals surface area contributed by atoms with Crippen molar-refractivity contribution in [2.45, 2.75) is 0 Å². The van der Waals surface area contributed by atoms with Crippen molar-refractivity contribution < 1.29 is 10.2 Å². The van der Waals surface area contributed by atoms with Gasteiger partial charge in [-0.15, -0.1) is 0 Å². The van der Waals surface area contributed by atoms with Gasteiger partial charge in [0.25, 0.3) is 0 Å². The first-order valence-corrected chi connectivity index (χ1v) is 3.85. The van der Waals surface area contributed by atoms with Crippen LogP contribution >= 0.6 is 0 Å². The van der Waals surface area contributed by atoms with Gasteiger partial charge in [-0.3, -0.25) is 16.1 Å². The summed E-state index contributed by atoms with van der Waals surface area (Å²) in [5.41, 5.74) is 9.49. The molecular weight excluding hydrogens is 198 g/mol. The second kappa shape index (κ2) is 6.08. The van der Waals surface area contributed by atoms with Gasteiger partial charge in [0.2, 0.25) is 0 Å². The zero-order chi connectivity index (χ0) is 11.8. The van der Waals surface area contributed by atoms with Crippen molar-refractivity contribution in [3.63, 3.8) is 0 Å². The number of nitrogens with two attached hydrogens (primary N) is 2. The Bertz CT molecular complexity index is 320. The lowest BCUT2D eigenvalue weighted by atomic mass is 10.3. The number of phenols is 2. The topological polar surface area (TPSA) is 152 Å². The Balaban J connectivity index is 0.000000265. The Morgan fingerprint density at radius 1 is 1.00 bits per heavy atom. The van der Waals surface area contributed by atoms with Crippen LogP contribution in [0.2, 0.25) is 0 Å². The summed E-state index contributed by atoms with van der Waals surface area (Å²) in [7, 11) is 0. The van der Waals surface area contributed by atoms with Crippen LogP contribution in [0, 0.1) is 10.8 Å². The average molecular weight is 211 g/mol. The average Bonchev–Trinajstić information content (AvgIpc) is 2.08. The van der Waals surface area contributed by atoms with Crippen LogP contribution in [0.3, 0.4) is 0 Å². The minimum absolute atomic E-state index is 0.0764. The highest BCUT2D eigenvalue weighted by Gasteiger charge is 1.90. The molecule has 0 saturated heterocycles. The molecule has 7 heteroatoms. The molecule has 0 saturated carbocycles. The van der Waals surface area contributed by atoms with E-state index in [0.29, 0.717) is 0 Å². The maximum Gasteiger partial charge on any atom is 0.192 e. The van der Waals surface area contributed by atoms with Gasteiger partial charge in [-0.25, -0.2) is 0 Å². The second-order valence-corrected chi connectivity index (χ2v) is 2.44. The van der Waals surface area contributed by atoms with Gasteiger partial charge in [0.1, 0.15) is 0 Å². The van der Waals surface area contributed by atoms with Crippen LogP contribution in [-0.2, 0) is 0 Å². The summed E-state index contributed by atoms with van der Waals surface area (Å²) in [6, 6.07) is 6.15. The first-order valence-electron chi connectivity index (χ1n) is 3.85. The minimum atomic E-state index is -0.312. The molecule has 0 amide bonds. The molecule has 1 rings (SSSR count). The third-order valence-electron chi connectivity index (χ3n) is 1.15. The van der Waals surface area contributed by atoms with Gasteiger partial charge in [-0.05, 0) is 12.1 Å². The number of aromatic hydroxyl groups is 2. The fourth-order valence-electron chi connectivity index (χ4n) is 0.609. The molecule has 0 aliphatic heterocycles. The third kappa shape index (κ3) is 6.70. The quantitative estimate of drug-likeness (QED) is 0.174. The summed E-state index contributed by atoms with van der Waals surface area (Å²) in [4.78, 5) is 0. The first kappa shape index (κ1) is 12.6. The lowest BCUT2D eigenvalue weighted by Gasteiger charge is -1.95. The van der Waals surface area contributed by atoms with Crippen molar-refractivity contribution in [1.29, 1.82) is 10.8 Å². The highest BCUT2D eigenvalue weighted by Crippen LogP contribution is 2.21. The number of rotatable bonds is 0. The Labute approximate surface area is 86.4 Å². The van der Waals surface area contributed by atoms with Crippen molar-refractivity contribution in [3.8, 4) is 11.5 Å². The molecule has 0 aliphatic rings. The monoisotopic (exact) mass is 211 g/mol. The maximum atomic E-state index is 8.67. The summed E-state index contributed by atoms with van der Waals surface area (Å²) in [6.45, 7) is 0. The molecule has 0 heterocycles. The van der Waals surface area contributed by atoms with Gasteiger partial charge < -0.3 is 21.7 Å². The van der Waals surface area contributed by atoms with E-state index >= 15 is 0 Å². The molecule has 0 bridgehead atoms. The fraction of sp³-hybridized carbons (Fsp3) is 0. The van der Waals surface area contributed by atoms with Gasteiger partial charge in [0, 0.05) is 0 Å². The minimum Gasteiger partial charge on any atom is -0.504 e. The maximum absolute atomic E-state index is 8.67. The molecule has 0 aliphatic carbocycles. The second-order valence-electron chi connectivity index (χ2n) is 2.44. The Kier molecular flexibility index (Phi) is 5.09. The zero-order valence-corrected chi connectivity index (χ0v) is 7.86. The standard InChI is InChI=1S/C6H6O2.C2H7N5/c7-5-3-1-2-4-6(5)8;3-1(4)7-2(5)6/h1-4,7-8H;(H7,3,4,5,6,7). The van der Waals surface area contributed by atoms with Crippen LogP contribution in [0.1, 0.15) is 0 Å². The van der Waals surface area contributed by atoms with E-state index in [1.807, 2.05) is 5.32 Å². The van der Waals surface area contributed by atoms with E-state index in [1.165, 1.54) is 12.1 Å². The Hall–Kier alpha value is -2.44. The molecule has 0 radical (unpaired) electrons.